The van der Waals surface area contributed by atoms with Gasteiger partial charge in [0, 0.05) is 22.4 Å². The number of nitrogens with zero attached hydrogens (tertiary/aromatic N) is 1. The van der Waals surface area contributed by atoms with Gasteiger partial charge in [0.05, 0.1) is 12.8 Å². The third-order valence-corrected chi connectivity index (χ3v) is 5.43. The van der Waals surface area contributed by atoms with Crippen LogP contribution in [0.25, 0.3) is 22.6 Å². The Labute approximate surface area is 201 Å². The highest BCUT2D eigenvalue weighted by molar-refractivity contribution is 6.07. The number of hydrogen-bond donors (Lipinski definition) is 2. The van der Waals surface area contributed by atoms with Crippen molar-refractivity contribution in [3.63, 3.8) is 0 Å². The summed E-state index contributed by atoms with van der Waals surface area (Å²) in [5, 5.41) is 5.71. The fraction of sp³-hybridized carbons (Fsp3) is 0.0357. The van der Waals surface area contributed by atoms with Gasteiger partial charge in [0.25, 0.3) is 11.8 Å². The molecule has 1 heterocycles. The lowest BCUT2D eigenvalue weighted by molar-refractivity contribution is 0.101. The normalized spacial score (nSPS) is 10.7. The van der Waals surface area contributed by atoms with E-state index in [4.69, 9.17) is 9.15 Å². The maximum atomic E-state index is 12.9. The number of fused-ring (bicyclic) bond motifs is 1. The number of aromatic nitrogens is 1. The summed E-state index contributed by atoms with van der Waals surface area (Å²) in [6.07, 6.45) is 0. The van der Waals surface area contributed by atoms with Crippen molar-refractivity contribution in [1.29, 1.82) is 0 Å². The van der Waals surface area contributed by atoms with Crippen molar-refractivity contribution < 1.29 is 18.7 Å². The van der Waals surface area contributed by atoms with Crippen LogP contribution in [-0.2, 0) is 0 Å². The van der Waals surface area contributed by atoms with E-state index in [9.17, 15) is 9.59 Å². The van der Waals surface area contributed by atoms with Gasteiger partial charge in [0.1, 0.15) is 11.3 Å². The maximum absolute atomic E-state index is 12.9. The third-order valence-electron chi connectivity index (χ3n) is 5.43. The molecule has 4 aromatic carbocycles. The number of nitrogens with one attached hydrogen (secondary N) is 2. The Kier molecular flexibility index (Phi) is 5.96. The van der Waals surface area contributed by atoms with Crippen LogP contribution in [-0.4, -0.2) is 23.9 Å². The number of carbonyl (C=O) groups is 2. The Morgan fingerprint density at radius 2 is 1.46 bits per heavy atom. The second kappa shape index (κ2) is 9.52. The van der Waals surface area contributed by atoms with Crippen LogP contribution in [0.15, 0.2) is 101 Å². The molecule has 0 bridgehead atoms. The Bertz CT molecular complexity index is 1480. The lowest BCUT2D eigenvalue weighted by atomic mass is 10.1. The van der Waals surface area contributed by atoms with E-state index in [0.29, 0.717) is 45.3 Å². The lowest BCUT2D eigenvalue weighted by Gasteiger charge is -2.12. The summed E-state index contributed by atoms with van der Waals surface area (Å²) in [6, 6.07) is 28.4. The van der Waals surface area contributed by atoms with Crippen molar-refractivity contribution in [2.24, 2.45) is 0 Å². The van der Waals surface area contributed by atoms with E-state index in [1.807, 2.05) is 36.4 Å². The molecule has 0 saturated heterocycles. The van der Waals surface area contributed by atoms with Crippen molar-refractivity contribution in [2.75, 3.05) is 17.7 Å². The summed E-state index contributed by atoms with van der Waals surface area (Å²) < 4.78 is 11.3. The van der Waals surface area contributed by atoms with Crippen LogP contribution in [0.2, 0.25) is 0 Å². The number of amides is 2. The van der Waals surface area contributed by atoms with Crippen LogP contribution >= 0.6 is 0 Å². The van der Waals surface area contributed by atoms with Gasteiger partial charge in [-0.05, 0) is 66.7 Å². The monoisotopic (exact) mass is 463 g/mol. The van der Waals surface area contributed by atoms with Crippen LogP contribution in [0.1, 0.15) is 20.7 Å². The topological polar surface area (TPSA) is 93.5 Å². The van der Waals surface area contributed by atoms with E-state index in [2.05, 4.69) is 15.6 Å². The minimum Gasteiger partial charge on any atom is -0.495 e. The molecule has 7 heteroatoms. The largest absolute Gasteiger partial charge is 0.495 e. The number of methoxy groups -OCH3 is 1. The molecule has 0 fully saturated rings. The zero-order chi connectivity index (χ0) is 24.2. The molecular weight excluding hydrogens is 442 g/mol. The SMILES string of the molecule is COc1ccc(-c2nc3ccccc3o2)cc1NC(=O)c1ccc(NC(=O)c2ccccc2)cc1. The predicted octanol–water partition coefficient (Wildman–Crippen LogP) is 6.01. The molecule has 5 aromatic rings. The molecule has 2 amide bonds. The van der Waals surface area contributed by atoms with E-state index < -0.39 is 0 Å². The summed E-state index contributed by atoms with van der Waals surface area (Å²) >= 11 is 0. The molecule has 0 aliphatic heterocycles. The highest BCUT2D eigenvalue weighted by Crippen LogP contribution is 2.32. The number of hydrogen-bond acceptors (Lipinski definition) is 5. The van der Waals surface area contributed by atoms with Crippen LogP contribution in [0.3, 0.4) is 0 Å². The zero-order valence-corrected chi connectivity index (χ0v) is 18.8. The number of rotatable bonds is 6. The number of ether oxygens (including phenoxy) is 1. The average Bonchev–Trinajstić information content (AvgIpc) is 3.34. The molecule has 172 valence electrons. The van der Waals surface area contributed by atoms with Gasteiger partial charge in [-0.25, -0.2) is 4.98 Å². The van der Waals surface area contributed by atoms with Crippen molar-refractivity contribution in [2.45, 2.75) is 0 Å². The summed E-state index contributed by atoms with van der Waals surface area (Å²) in [5.41, 5.74) is 4.20. The fourth-order valence-corrected chi connectivity index (χ4v) is 3.63. The van der Waals surface area contributed by atoms with Gasteiger partial charge in [-0.2, -0.15) is 0 Å². The highest BCUT2D eigenvalue weighted by Gasteiger charge is 2.15. The van der Waals surface area contributed by atoms with Crippen LogP contribution in [0.4, 0.5) is 11.4 Å². The first-order valence-corrected chi connectivity index (χ1v) is 10.9. The average molecular weight is 463 g/mol. The van der Waals surface area contributed by atoms with Gasteiger partial charge in [-0.3, -0.25) is 9.59 Å². The van der Waals surface area contributed by atoms with E-state index in [1.54, 1.807) is 60.7 Å². The van der Waals surface area contributed by atoms with E-state index in [0.717, 1.165) is 5.52 Å². The molecule has 0 aliphatic carbocycles. The van der Waals surface area contributed by atoms with Gasteiger partial charge in [0.2, 0.25) is 5.89 Å². The molecule has 1 aromatic heterocycles. The molecule has 0 atom stereocenters. The second-order valence-corrected chi connectivity index (χ2v) is 7.75. The number of benzene rings is 4. The second-order valence-electron chi connectivity index (χ2n) is 7.75. The van der Waals surface area contributed by atoms with E-state index in [-0.39, 0.29) is 11.8 Å². The number of anilines is 2. The molecule has 7 nitrogen and oxygen atoms in total. The molecule has 2 N–H and O–H groups in total. The summed E-state index contributed by atoms with van der Waals surface area (Å²) in [5.74, 6) is 0.412. The molecule has 0 saturated carbocycles. The predicted molar refractivity (Wildman–Crippen MR) is 135 cm³/mol. The van der Waals surface area contributed by atoms with Crippen molar-refractivity contribution >= 4 is 34.3 Å². The van der Waals surface area contributed by atoms with Crippen LogP contribution in [0, 0.1) is 0 Å². The number of oxazole rings is 1. The van der Waals surface area contributed by atoms with Crippen molar-refractivity contribution in [3.8, 4) is 17.2 Å². The standard InChI is InChI=1S/C28H21N3O4/c1-34-24-16-13-20(28-31-22-9-5-6-10-25(22)35-28)17-23(24)30-27(33)19-11-14-21(15-12-19)29-26(32)18-7-3-2-4-8-18/h2-17H,1H3,(H,29,32)(H,30,33). The first kappa shape index (κ1) is 21.9. The molecule has 0 radical (unpaired) electrons. The van der Waals surface area contributed by atoms with Crippen molar-refractivity contribution in [3.05, 3.63) is 108 Å². The Morgan fingerprint density at radius 3 is 2.20 bits per heavy atom. The Balaban J connectivity index is 1.33. The van der Waals surface area contributed by atoms with E-state index in [1.165, 1.54) is 7.11 Å². The number of carbonyl (C=O) groups excluding carboxylic acids is 2. The van der Waals surface area contributed by atoms with Gasteiger partial charge >= 0.3 is 0 Å². The van der Waals surface area contributed by atoms with Crippen LogP contribution < -0.4 is 15.4 Å². The van der Waals surface area contributed by atoms with Gasteiger partial charge in [-0.15, -0.1) is 0 Å². The molecule has 35 heavy (non-hydrogen) atoms. The molecular formula is C28H21N3O4. The van der Waals surface area contributed by atoms with Gasteiger partial charge < -0.3 is 19.8 Å². The van der Waals surface area contributed by atoms with Crippen LogP contribution in [0.5, 0.6) is 5.75 Å². The first-order valence-electron chi connectivity index (χ1n) is 10.9. The first-order chi connectivity index (χ1) is 17.1. The molecule has 0 unspecified atom stereocenters. The van der Waals surface area contributed by atoms with Gasteiger partial charge in [-0.1, -0.05) is 30.3 Å². The third kappa shape index (κ3) is 4.74. The molecule has 5 rings (SSSR count). The zero-order valence-electron chi connectivity index (χ0n) is 18.8. The highest BCUT2D eigenvalue weighted by atomic mass is 16.5. The van der Waals surface area contributed by atoms with Crippen molar-refractivity contribution in [1.82, 2.24) is 4.98 Å². The Morgan fingerprint density at radius 1 is 0.771 bits per heavy atom. The fourth-order valence-electron chi connectivity index (χ4n) is 3.63. The minimum atomic E-state index is -0.320. The quantitative estimate of drug-likeness (QED) is 0.322. The summed E-state index contributed by atoms with van der Waals surface area (Å²) in [6.45, 7) is 0. The molecule has 0 aliphatic rings. The summed E-state index contributed by atoms with van der Waals surface area (Å²) in [4.78, 5) is 29.8. The van der Waals surface area contributed by atoms with E-state index >= 15 is 0 Å². The minimum absolute atomic E-state index is 0.219. The van der Waals surface area contributed by atoms with Gasteiger partial charge in [0.15, 0.2) is 5.58 Å². The smallest absolute Gasteiger partial charge is 0.255 e. The number of para-hydroxylation sites is 2. The summed E-state index contributed by atoms with van der Waals surface area (Å²) in [7, 11) is 1.54. The Hall–Kier alpha value is -4.91. The molecule has 0 spiro atoms. The lowest BCUT2D eigenvalue weighted by Crippen LogP contribution is -2.14. The maximum Gasteiger partial charge on any atom is 0.255 e.